The summed E-state index contributed by atoms with van der Waals surface area (Å²) >= 11 is 0. The molecule has 0 aromatic rings. The quantitative estimate of drug-likeness (QED) is 0.591. The Balaban J connectivity index is 1.89. The van der Waals surface area contributed by atoms with Crippen LogP contribution in [0.5, 0.6) is 0 Å². The molecule has 0 saturated heterocycles. The van der Waals surface area contributed by atoms with Crippen molar-refractivity contribution in [3.63, 3.8) is 0 Å². The van der Waals surface area contributed by atoms with E-state index in [4.69, 9.17) is 5.11 Å². The largest absolute Gasteiger partial charge is 0.396 e. The fraction of sp³-hybridized carbons (Fsp3) is 0.875. The Bertz CT molecular complexity index is 192. The highest BCUT2D eigenvalue weighted by atomic mass is 16.3. The molecule has 3 aliphatic rings. The first kappa shape index (κ1) is 7.10. The standard InChI is InChI=1S/C8H13NO2/c1-6(11)9-8-2-7(3-8,4-8)5-10/h10H,2-5H2,1H3,(H,9,11). The maximum Gasteiger partial charge on any atom is 0.217 e. The molecule has 0 atom stereocenters. The average molecular weight is 155 g/mol. The molecular weight excluding hydrogens is 142 g/mol. The molecule has 0 heterocycles. The second-order valence-electron chi connectivity index (χ2n) is 4.15. The van der Waals surface area contributed by atoms with Crippen molar-refractivity contribution in [2.24, 2.45) is 5.41 Å². The van der Waals surface area contributed by atoms with Crippen molar-refractivity contribution >= 4 is 5.91 Å². The summed E-state index contributed by atoms with van der Waals surface area (Å²) in [5.41, 5.74) is 0.289. The van der Waals surface area contributed by atoms with Gasteiger partial charge in [0.2, 0.25) is 5.91 Å². The van der Waals surface area contributed by atoms with Crippen molar-refractivity contribution in [3.05, 3.63) is 0 Å². The van der Waals surface area contributed by atoms with E-state index < -0.39 is 0 Å². The molecule has 3 heteroatoms. The van der Waals surface area contributed by atoms with Crippen molar-refractivity contribution in [2.45, 2.75) is 31.7 Å². The summed E-state index contributed by atoms with van der Waals surface area (Å²) in [6.45, 7) is 1.83. The van der Waals surface area contributed by atoms with Crippen LogP contribution in [0.4, 0.5) is 0 Å². The van der Waals surface area contributed by atoms with Crippen molar-refractivity contribution in [3.8, 4) is 0 Å². The minimum absolute atomic E-state index is 0.0521. The SMILES string of the molecule is CC(=O)NC12CC(CO)(C1)C2. The van der Waals surface area contributed by atoms with Crippen LogP contribution in [-0.2, 0) is 4.79 Å². The number of rotatable bonds is 2. The number of hydrogen-bond acceptors (Lipinski definition) is 2. The maximum atomic E-state index is 10.7. The van der Waals surface area contributed by atoms with E-state index in [0.29, 0.717) is 0 Å². The zero-order valence-corrected chi connectivity index (χ0v) is 6.68. The monoisotopic (exact) mass is 155 g/mol. The normalized spacial score (nSPS) is 45.6. The highest BCUT2D eigenvalue weighted by Gasteiger charge is 2.67. The van der Waals surface area contributed by atoms with Crippen LogP contribution in [-0.4, -0.2) is 23.2 Å². The molecule has 11 heavy (non-hydrogen) atoms. The second kappa shape index (κ2) is 1.78. The number of amides is 1. The lowest BCUT2D eigenvalue weighted by Gasteiger charge is -2.70. The number of carbonyl (C=O) groups excluding carboxylic acids is 1. The summed E-state index contributed by atoms with van der Waals surface area (Å²) < 4.78 is 0. The van der Waals surface area contributed by atoms with Gasteiger partial charge in [-0.2, -0.15) is 0 Å². The van der Waals surface area contributed by atoms with Gasteiger partial charge in [-0.3, -0.25) is 4.79 Å². The van der Waals surface area contributed by atoms with Gasteiger partial charge in [0.25, 0.3) is 0 Å². The molecule has 0 unspecified atom stereocenters. The molecule has 0 aromatic carbocycles. The fourth-order valence-electron chi connectivity index (χ4n) is 2.67. The number of aliphatic hydroxyl groups excluding tert-OH is 1. The van der Waals surface area contributed by atoms with Gasteiger partial charge in [-0.05, 0) is 19.3 Å². The zero-order valence-electron chi connectivity index (χ0n) is 6.68. The Morgan fingerprint density at radius 1 is 1.55 bits per heavy atom. The average Bonchev–Trinajstić information content (AvgIpc) is 1.74. The lowest BCUT2D eigenvalue weighted by Crippen LogP contribution is -2.75. The smallest absolute Gasteiger partial charge is 0.217 e. The summed E-state index contributed by atoms with van der Waals surface area (Å²) in [4.78, 5) is 10.7. The van der Waals surface area contributed by atoms with Gasteiger partial charge in [0.1, 0.15) is 0 Å². The number of aliphatic hydroxyl groups is 1. The van der Waals surface area contributed by atoms with Crippen LogP contribution in [0, 0.1) is 5.41 Å². The van der Waals surface area contributed by atoms with Gasteiger partial charge < -0.3 is 10.4 Å². The van der Waals surface area contributed by atoms with E-state index in [0.717, 1.165) is 19.3 Å². The summed E-state index contributed by atoms with van der Waals surface area (Å²) in [5.74, 6) is 0.0521. The third-order valence-corrected chi connectivity index (χ3v) is 2.92. The van der Waals surface area contributed by atoms with Crippen molar-refractivity contribution < 1.29 is 9.90 Å². The summed E-state index contributed by atoms with van der Waals surface area (Å²) in [6.07, 6.45) is 2.95. The number of carbonyl (C=O) groups is 1. The molecule has 0 radical (unpaired) electrons. The fourth-order valence-corrected chi connectivity index (χ4v) is 2.67. The summed E-state index contributed by atoms with van der Waals surface area (Å²) in [5, 5.41) is 11.8. The Morgan fingerprint density at radius 3 is 2.45 bits per heavy atom. The van der Waals surface area contributed by atoms with E-state index >= 15 is 0 Å². The van der Waals surface area contributed by atoms with Gasteiger partial charge in [-0.15, -0.1) is 0 Å². The van der Waals surface area contributed by atoms with Crippen LogP contribution in [0.25, 0.3) is 0 Å². The van der Waals surface area contributed by atoms with E-state index in [-0.39, 0.29) is 23.5 Å². The van der Waals surface area contributed by atoms with Crippen LogP contribution < -0.4 is 5.32 Å². The number of nitrogens with one attached hydrogen (secondary N) is 1. The molecule has 0 spiro atoms. The lowest BCUT2D eigenvalue weighted by molar-refractivity contribution is -0.182. The predicted octanol–water partition coefficient (Wildman–Crippen LogP) is 0.0375. The molecule has 3 saturated carbocycles. The molecule has 2 N–H and O–H groups in total. The highest BCUT2D eigenvalue weighted by Crippen LogP contribution is 2.66. The maximum absolute atomic E-state index is 10.7. The molecule has 2 bridgehead atoms. The Labute approximate surface area is 65.8 Å². The predicted molar refractivity (Wildman–Crippen MR) is 39.9 cm³/mol. The van der Waals surface area contributed by atoms with Gasteiger partial charge in [0.15, 0.2) is 0 Å². The molecule has 0 aromatic heterocycles. The molecule has 62 valence electrons. The molecule has 3 aliphatic carbocycles. The third kappa shape index (κ3) is 0.805. The summed E-state index contributed by atoms with van der Waals surface area (Å²) in [7, 11) is 0. The van der Waals surface area contributed by atoms with Gasteiger partial charge in [-0.1, -0.05) is 0 Å². The Kier molecular flexibility index (Phi) is 1.15. The van der Waals surface area contributed by atoms with Crippen molar-refractivity contribution in [1.82, 2.24) is 5.32 Å². The minimum Gasteiger partial charge on any atom is -0.396 e. The molecule has 3 fully saturated rings. The van der Waals surface area contributed by atoms with E-state index in [2.05, 4.69) is 5.32 Å². The van der Waals surface area contributed by atoms with Crippen LogP contribution in [0.3, 0.4) is 0 Å². The number of hydrogen-bond donors (Lipinski definition) is 2. The van der Waals surface area contributed by atoms with Gasteiger partial charge in [-0.25, -0.2) is 0 Å². The minimum atomic E-state index is 0.0521. The van der Waals surface area contributed by atoms with E-state index in [1.807, 2.05) is 0 Å². The van der Waals surface area contributed by atoms with Crippen LogP contribution in [0.2, 0.25) is 0 Å². The topological polar surface area (TPSA) is 49.3 Å². The van der Waals surface area contributed by atoms with Gasteiger partial charge in [0.05, 0.1) is 0 Å². The molecular formula is C8H13NO2. The first-order valence-corrected chi connectivity index (χ1v) is 4.00. The van der Waals surface area contributed by atoms with Crippen LogP contribution in [0.15, 0.2) is 0 Å². The van der Waals surface area contributed by atoms with Crippen LogP contribution >= 0.6 is 0 Å². The Hall–Kier alpha value is -0.570. The van der Waals surface area contributed by atoms with Crippen LogP contribution in [0.1, 0.15) is 26.2 Å². The van der Waals surface area contributed by atoms with Gasteiger partial charge in [0, 0.05) is 24.5 Å². The first-order chi connectivity index (χ1) is 5.10. The zero-order chi connectivity index (χ0) is 8.11. The van der Waals surface area contributed by atoms with E-state index in [9.17, 15) is 4.79 Å². The van der Waals surface area contributed by atoms with E-state index in [1.54, 1.807) is 6.92 Å². The molecule has 0 aliphatic heterocycles. The lowest BCUT2D eigenvalue weighted by atomic mass is 9.39. The first-order valence-electron chi connectivity index (χ1n) is 4.00. The van der Waals surface area contributed by atoms with Gasteiger partial charge >= 0.3 is 0 Å². The van der Waals surface area contributed by atoms with Crippen molar-refractivity contribution in [2.75, 3.05) is 6.61 Å². The van der Waals surface area contributed by atoms with E-state index in [1.165, 1.54) is 0 Å². The molecule has 1 amide bonds. The van der Waals surface area contributed by atoms with Crippen molar-refractivity contribution in [1.29, 1.82) is 0 Å². The molecule has 3 nitrogen and oxygen atoms in total. The third-order valence-electron chi connectivity index (χ3n) is 2.92. The summed E-state index contributed by atoms with van der Waals surface area (Å²) in [6, 6.07) is 0. The molecule has 3 rings (SSSR count). The highest BCUT2D eigenvalue weighted by molar-refractivity contribution is 5.74. The Morgan fingerprint density at radius 2 is 2.09 bits per heavy atom. The second-order valence-corrected chi connectivity index (χ2v) is 4.15.